The number of hydrogen-bond acceptors (Lipinski definition) is 2. The van der Waals surface area contributed by atoms with E-state index in [1.54, 1.807) is 13.2 Å². The molecular weight excluding hydrogens is 186 g/mol. The van der Waals surface area contributed by atoms with Crippen LogP contribution in [0.5, 0.6) is 5.88 Å². The van der Waals surface area contributed by atoms with Gasteiger partial charge < -0.3 is 4.74 Å². The van der Waals surface area contributed by atoms with Crippen LogP contribution in [-0.2, 0) is 0 Å². The van der Waals surface area contributed by atoms with Crippen LogP contribution in [0.15, 0.2) is 24.3 Å². The number of fused-ring (bicyclic) bond motifs is 1. The Balaban J connectivity index is 2.66. The maximum atomic E-state index is 5.82. The molecule has 0 aliphatic carbocycles. The molecule has 13 heavy (non-hydrogen) atoms. The molecule has 1 heterocycles. The minimum absolute atomic E-state index is 0.495. The van der Waals surface area contributed by atoms with Crippen LogP contribution in [0, 0.1) is 6.07 Å². The van der Waals surface area contributed by atoms with Gasteiger partial charge in [0.15, 0.2) is 0 Å². The molecule has 0 N–H and O–H groups in total. The van der Waals surface area contributed by atoms with Gasteiger partial charge >= 0.3 is 0 Å². The lowest BCUT2D eigenvalue weighted by Gasteiger charge is -2.00. The van der Waals surface area contributed by atoms with Gasteiger partial charge in [0.25, 0.3) is 0 Å². The van der Waals surface area contributed by atoms with Crippen molar-refractivity contribution in [3.63, 3.8) is 0 Å². The molecule has 0 saturated heterocycles. The van der Waals surface area contributed by atoms with Crippen LogP contribution >= 0.6 is 11.6 Å². The molecule has 0 spiro atoms. The highest BCUT2D eigenvalue weighted by Crippen LogP contribution is 2.19. The topological polar surface area (TPSA) is 22.1 Å². The van der Waals surface area contributed by atoms with E-state index in [0.29, 0.717) is 10.9 Å². The molecule has 0 atom stereocenters. The Labute approximate surface area is 81.1 Å². The lowest BCUT2D eigenvalue weighted by molar-refractivity contribution is 0.398. The summed E-state index contributed by atoms with van der Waals surface area (Å²) in [5.74, 6) is 0.495. The standard InChI is InChI=1S/C10H7ClNO/c1-13-10-5-2-7-6-8(11)3-4-9(7)12-10/h2-4,6H,1H3. The fourth-order valence-corrected chi connectivity index (χ4v) is 1.31. The fourth-order valence-electron chi connectivity index (χ4n) is 1.13. The number of ether oxygens (including phenoxy) is 1. The van der Waals surface area contributed by atoms with Crippen LogP contribution in [0.1, 0.15) is 0 Å². The maximum absolute atomic E-state index is 5.82. The molecular formula is C10H7ClNO. The summed E-state index contributed by atoms with van der Waals surface area (Å²) in [6.07, 6.45) is 0. The van der Waals surface area contributed by atoms with E-state index in [1.807, 2.05) is 18.2 Å². The Bertz CT molecular complexity index is 442. The average molecular weight is 193 g/mol. The van der Waals surface area contributed by atoms with Crippen molar-refractivity contribution in [1.29, 1.82) is 0 Å². The second-order valence-corrected chi connectivity index (χ2v) is 3.05. The lowest BCUT2D eigenvalue weighted by Crippen LogP contribution is -1.87. The maximum Gasteiger partial charge on any atom is 0.221 e. The number of hydrogen-bond donors (Lipinski definition) is 0. The van der Waals surface area contributed by atoms with E-state index in [-0.39, 0.29) is 0 Å². The summed E-state index contributed by atoms with van der Waals surface area (Å²) in [5.41, 5.74) is 0.861. The van der Waals surface area contributed by atoms with Crippen molar-refractivity contribution in [3.8, 4) is 5.88 Å². The summed E-state index contributed by atoms with van der Waals surface area (Å²) >= 11 is 5.82. The summed E-state index contributed by atoms with van der Waals surface area (Å²) in [4.78, 5) is 4.20. The predicted octanol–water partition coefficient (Wildman–Crippen LogP) is 2.70. The Kier molecular flexibility index (Phi) is 2.07. The van der Waals surface area contributed by atoms with Gasteiger partial charge in [-0.05, 0) is 24.3 Å². The molecule has 2 rings (SSSR count). The van der Waals surface area contributed by atoms with Gasteiger partial charge in [0, 0.05) is 10.4 Å². The van der Waals surface area contributed by atoms with Gasteiger partial charge in [-0.1, -0.05) is 11.6 Å². The predicted molar refractivity (Wildman–Crippen MR) is 52.1 cm³/mol. The third-order valence-electron chi connectivity index (χ3n) is 1.76. The molecule has 0 unspecified atom stereocenters. The highest BCUT2D eigenvalue weighted by Gasteiger charge is 1.98. The zero-order valence-electron chi connectivity index (χ0n) is 7.04. The van der Waals surface area contributed by atoms with Gasteiger partial charge in [-0.15, -0.1) is 0 Å². The van der Waals surface area contributed by atoms with Gasteiger partial charge in [0.05, 0.1) is 18.7 Å². The van der Waals surface area contributed by atoms with Gasteiger partial charge in [0.2, 0.25) is 5.88 Å². The van der Waals surface area contributed by atoms with E-state index in [2.05, 4.69) is 11.1 Å². The molecule has 3 heteroatoms. The highest BCUT2D eigenvalue weighted by molar-refractivity contribution is 6.31. The van der Waals surface area contributed by atoms with Crippen LogP contribution in [-0.4, -0.2) is 12.1 Å². The number of benzene rings is 1. The van der Waals surface area contributed by atoms with Gasteiger partial charge in [-0.3, -0.25) is 0 Å². The zero-order valence-corrected chi connectivity index (χ0v) is 7.80. The van der Waals surface area contributed by atoms with Crippen LogP contribution < -0.4 is 4.74 Å². The van der Waals surface area contributed by atoms with Crippen LogP contribution in [0.2, 0.25) is 5.02 Å². The molecule has 2 aromatic rings. The summed E-state index contributed by atoms with van der Waals surface area (Å²) in [7, 11) is 1.57. The van der Waals surface area contributed by atoms with E-state index in [4.69, 9.17) is 16.3 Å². The van der Waals surface area contributed by atoms with Crippen LogP contribution in [0.25, 0.3) is 10.9 Å². The number of rotatable bonds is 1. The first-order valence-electron chi connectivity index (χ1n) is 3.81. The number of nitrogens with zero attached hydrogens (tertiary/aromatic N) is 1. The Morgan fingerprint density at radius 2 is 2.31 bits per heavy atom. The quantitative estimate of drug-likeness (QED) is 0.693. The molecule has 1 aromatic carbocycles. The molecule has 2 nitrogen and oxygen atoms in total. The molecule has 0 saturated carbocycles. The molecule has 0 fully saturated rings. The summed E-state index contributed by atoms with van der Waals surface area (Å²) in [5, 5.41) is 1.67. The second-order valence-electron chi connectivity index (χ2n) is 2.61. The largest absolute Gasteiger partial charge is 0.481 e. The normalized spacial score (nSPS) is 10.3. The molecule has 1 aromatic heterocycles. The van der Waals surface area contributed by atoms with Crippen molar-refractivity contribution in [3.05, 3.63) is 35.4 Å². The number of methoxy groups -OCH3 is 1. The van der Waals surface area contributed by atoms with Crippen molar-refractivity contribution in [2.75, 3.05) is 7.11 Å². The Morgan fingerprint density at radius 3 is 3.08 bits per heavy atom. The van der Waals surface area contributed by atoms with Crippen LogP contribution in [0.4, 0.5) is 0 Å². The highest BCUT2D eigenvalue weighted by atomic mass is 35.5. The smallest absolute Gasteiger partial charge is 0.221 e. The molecule has 0 bridgehead atoms. The Morgan fingerprint density at radius 1 is 1.46 bits per heavy atom. The lowest BCUT2D eigenvalue weighted by atomic mass is 10.2. The van der Waals surface area contributed by atoms with Gasteiger partial charge in [0.1, 0.15) is 0 Å². The van der Waals surface area contributed by atoms with Crippen molar-refractivity contribution < 1.29 is 4.74 Å². The zero-order chi connectivity index (χ0) is 9.26. The Hall–Kier alpha value is -1.28. The van der Waals surface area contributed by atoms with Gasteiger partial charge in [-0.2, -0.15) is 0 Å². The van der Waals surface area contributed by atoms with Crippen molar-refractivity contribution in [1.82, 2.24) is 4.98 Å². The third-order valence-corrected chi connectivity index (χ3v) is 1.99. The van der Waals surface area contributed by atoms with E-state index >= 15 is 0 Å². The summed E-state index contributed by atoms with van der Waals surface area (Å²) < 4.78 is 4.95. The summed E-state index contributed by atoms with van der Waals surface area (Å²) in [6, 6.07) is 10.2. The van der Waals surface area contributed by atoms with Gasteiger partial charge in [-0.25, -0.2) is 4.98 Å². The molecule has 0 aliphatic heterocycles. The van der Waals surface area contributed by atoms with E-state index in [9.17, 15) is 0 Å². The number of pyridine rings is 1. The first-order valence-corrected chi connectivity index (χ1v) is 4.19. The van der Waals surface area contributed by atoms with Crippen molar-refractivity contribution >= 4 is 22.5 Å². The van der Waals surface area contributed by atoms with Crippen LogP contribution in [0.3, 0.4) is 0 Å². The minimum atomic E-state index is 0.495. The van der Waals surface area contributed by atoms with E-state index in [1.165, 1.54) is 0 Å². The second kappa shape index (κ2) is 3.23. The third kappa shape index (κ3) is 1.58. The first kappa shape index (κ1) is 8.32. The van der Waals surface area contributed by atoms with E-state index in [0.717, 1.165) is 10.9 Å². The molecule has 65 valence electrons. The molecule has 0 aliphatic rings. The minimum Gasteiger partial charge on any atom is -0.481 e. The van der Waals surface area contributed by atoms with Crippen molar-refractivity contribution in [2.45, 2.75) is 0 Å². The van der Waals surface area contributed by atoms with E-state index < -0.39 is 0 Å². The number of aromatic nitrogens is 1. The molecule has 1 radical (unpaired) electrons. The first-order chi connectivity index (χ1) is 6.29. The number of halogens is 1. The summed E-state index contributed by atoms with van der Waals surface area (Å²) in [6.45, 7) is 0. The van der Waals surface area contributed by atoms with Crippen molar-refractivity contribution in [2.24, 2.45) is 0 Å². The monoisotopic (exact) mass is 192 g/mol. The fraction of sp³-hybridized carbons (Fsp3) is 0.100. The molecule has 0 amide bonds. The average Bonchev–Trinajstić information content (AvgIpc) is 2.17. The SMILES string of the molecule is COc1[c]cc2cc(Cl)ccc2n1.